The molecule has 0 N–H and O–H groups in total. The summed E-state index contributed by atoms with van der Waals surface area (Å²) in [4.78, 5) is 2.39. The predicted molar refractivity (Wildman–Crippen MR) is 209 cm³/mol. The lowest BCUT2D eigenvalue weighted by molar-refractivity contribution is 0.984. The summed E-state index contributed by atoms with van der Waals surface area (Å²) in [6.07, 6.45) is 23.2. The fourth-order valence-electron chi connectivity index (χ4n) is 6.59. The molecule has 234 valence electrons. The van der Waals surface area contributed by atoms with Gasteiger partial charge in [-0.25, -0.2) is 0 Å². The van der Waals surface area contributed by atoms with E-state index in [0.29, 0.717) is 0 Å². The molecule has 2 aliphatic rings. The lowest BCUT2D eigenvalue weighted by Crippen LogP contribution is -2.17. The largest absolute Gasteiger partial charge is 0.310 e. The van der Waals surface area contributed by atoms with Crippen molar-refractivity contribution in [2.24, 2.45) is 0 Å². The average molecular weight is 620 g/mol. The fourth-order valence-corrected chi connectivity index (χ4v) is 6.59. The van der Waals surface area contributed by atoms with Gasteiger partial charge in [-0.3, -0.25) is 0 Å². The van der Waals surface area contributed by atoms with Gasteiger partial charge in [0.1, 0.15) is 0 Å². The molecule has 0 atom stereocenters. The van der Waals surface area contributed by atoms with Gasteiger partial charge in [0.05, 0.1) is 5.69 Å². The minimum absolute atomic E-state index is 0.936. The molecule has 0 saturated heterocycles. The fraction of sp³-hybridized carbons (Fsp3) is 0.106. The molecular weight excluding hydrogens is 579 g/mol. The number of rotatable bonds is 8. The molecule has 1 nitrogen and oxygen atoms in total. The Hall–Kier alpha value is -5.66. The molecular formula is C47H41N. The second-order valence-corrected chi connectivity index (χ2v) is 12.6. The van der Waals surface area contributed by atoms with Crippen molar-refractivity contribution in [3.05, 3.63) is 191 Å². The van der Waals surface area contributed by atoms with Crippen LogP contribution >= 0.6 is 0 Å². The molecule has 0 saturated carbocycles. The maximum absolute atomic E-state index is 4.47. The smallest absolute Gasteiger partial charge is 0.0539 e. The average Bonchev–Trinajstić information content (AvgIpc) is 3.40. The van der Waals surface area contributed by atoms with E-state index in [1.165, 1.54) is 50.1 Å². The molecule has 0 unspecified atom stereocenters. The summed E-state index contributed by atoms with van der Waals surface area (Å²) in [5, 5.41) is 0. The molecule has 48 heavy (non-hydrogen) atoms. The van der Waals surface area contributed by atoms with Crippen LogP contribution in [0.1, 0.15) is 53.1 Å². The summed E-state index contributed by atoms with van der Waals surface area (Å²) in [5.74, 6) is 0. The van der Waals surface area contributed by atoms with E-state index in [0.717, 1.165) is 47.5 Å². The first kappa shape index (κ1) is 31.0. The number of allylic oxidation sites excluding steroid dienone is 7. The van der Waals surface area contributed by atoms with Crippen LogP contribution in [0, 0.1) is 6.92 Å². The van der Waals surface area contributed by atoms with Gasteiger partial charge in [-0.1, -0.05) is 152 Å². The normalized spacial score (nSPS) is 13.7. The Labute approximate surface area is 285 Å². The lowest BCUT2D eigenvalue weighted by Gasteiger charge is -2.29. The molecule has 0 heterocycles. The zero-order valence-corrected chi connectivity index (χ0v) is 27.9. The van der Waals surface area contributed by atoms with Gasteiger partial charge in [0, 0.05) is 16.9 Å². The maximum atomic E-state index is 4.47. The zero-order valence-electron chi connectivity index (χ0n) is 27.9. The van der Waals surface area contributed by atoms with Crippen LogP contribution in [0.5, 0.6) is 0 Å². The Morgan fingerprint density at radius 1 is 0.667 bits per heavy atom. The maximum Gasteiger partial charge on any atom is 0.0539 e. The summed E-state index contributed by atoms with van der Waals surface area (Å²) >= 11 is 0. The van der Waals surface area contributed by atoms with Gasteiger partial charge < -0.3 is 4.90 Å². The van der Waals surface area contributed by atoms with Gasteiger partial charge in [-0.15, -0.1) is 0 Å². The standard InChI is InChI=1S/C47H41N/c1-4-44(31-19-35(3)36-22-24-39(25-23-36)41-28-26-40(27-29-41)38-20-17-34(2)18-21-38)48(45-32-30-37-11-8-9-13-43(37)33-45)47-16-10-14-42-12-6-5-7-15-46(42)47/h4,6-7,9-10,12-33H,3,5,8,11H2,1-2H3/b31-19-,44-4+. The highest BCUT2D eigenvalue weighted by atomic mass is 15.1. The van der Waals surface area contributed by atoms with E-state index >= 15 is 0 Å². The van der Waals surface area contributed by atoms with Gasteiger partial charge in [-0.05, 0) is 107 Å². The summed E-state index contributed by atoms with van der Waals surface area (Å²) in [5.41, 5.74) is 16.8. The molecule has 5 aromatic carbocycles. The topological polar surface area (TPSA) is 3.24 Å². The minimum atomic E-state index is 0.936. The lowest BCUT2D eigenvalue weighted by atomic mass is 9.96. The predicted octanol–water partition coefficient (Wildman–Crippen LogP) is 13.0. The number of nitrogens with zero attached hydrogens (tertiary/aromatic N) is 1. The molecule has 0 aromatic heterocycles. The summed E-state index contributed by atoms with van der Waals surface area (Å²) in [6.45, 7) is 8.70. The number of benzene rings is 5. The number of aryl methyl sites for hydroxylation is 2. The summed E-state index contributed by atoms with van der Waals surface area (Å²) in [6, 6.07) is 39.7. The van der Waals surface area contributed by atoms with Crippen LogP contribution in [0.3, 0.4) is 0 Å². The highest BCUT2D eigenvalue weighted by Gasteiger charge is 2.19. The highest BCUT2D eigenvalue weighted by Crippen LogP contribution is 2.38. The molecule has 2 aliphatic carbocycles. The van der Waals surface area contributed by atoms with E-state index < -0.39 is 0 Å². The van der Waals surface area contributed by atoms with Crippen molar-refractivity contribution in [2.75, 3.05) is 4.90 Å². The molecule has 0 radical (unpaired) electrons. The zero-order chi connectivity index (χ0) is 32.9. The van der Waals surface area contributed by atoms with E-state index in [4.69, 9.17) is 0 Å². The Bertz CT molecular complexity index is 2100. The SMILES string of the molecule is C=C(/C=C\C(=C/C)N(c1ccc2c(c1)C=CCC2)c1cccc2c1C=CCC=C2)c1ccc(-c2ccc(-c3ccc(C)cc3)cc2)cc1. The van der Waals surface area contributed by atoms with Gasteiger partial charge in [-0.2, -0.15) is 0 Å². The molecule has 0 bridgehead atoms. The van der Waals surface area contributed by atoms with Crippen LogP contribution in [0.2, 0.25) is 0 Å². The molecule has 7 rings (SSSR count). The molecule has 5 aromatic rings. The number of anilines is 2. The molecule has 0 fully saturated rings. The second-order valence-electron chi connectivity index (χ2n) is 12.6. The highest BCUT2D eigenvalue weighted by molar-refractivity contribution is 5.85. The van der Waals surface area contributed by atoms with Crippen LogP contribution in [-0.4, -0.2) is 0 Å². The molecule has 1 heteroatoms. The van der Waals surface area contributed by atoms with E-state index in [-0.39, 0.29) is 0 Å². The van der Waals surface area contributed by atoms with Crippen molar-refractivity contribution in [3.63, 3.8) is 0 Å². The van der Waals surface area contributed by atoms with Gasteiger partial charge in [0.15, 0.2) is 0 Å². The first-order chi connectivity index (χ1) is 23.6. The Morgan fingerprint density at radius 2 is 1.31 bits per heavy atom. The van der Waals surface area contributed by atoms with Crippen molar-refractivity contribution >= 4 is 35.2 Å². The Kier molecular flexibility index (Phi) is 9.03. The quantitative estimate of drug-likeness (QED) is 0.156. The van der Waals surface area contributed by atoms with Gasteiger partial charge in [0.25, 0.3) is 0 Å². The first-order valence-corrected chi connectivity index (χ1v) is 16.9. The third-order valence-corrected chi connectivity index (χ3v) is 9.35. The van der Waals surface area contributed by atoms with E-state index in [1.807, 2.05) is 0 Å². The van der Waals surface area contributed by atoms with Crippen molar-refractivity contribution in [2.45, 2.75) is 33.1 Å². The third-order valence-electron chi connectivity index (χ3n) is 9.35. The first-order valence-electron chi connectivity index (χ1n) is 16.9. The number of fused-ring (bicyclic) bond motifs is 2. The van der Waals surface area contributed by atoms with Crippen LogP contribution in [0.15, 0.2) is 158 Å². The van der Waals surface area contributed by atoms with Gasteiger partial charge in [0.2, 0.25) is 0 Å². The summed E-state index contributed by atoms with van der Waals surface area (Å²) < 4.78 is 0. The summed E-state index contributed by atoms with van der Waals surface area (Å²) in [7, 11) is 0. The van der Waals surface area contributed by atoms with Crippen molar-refractivity contribution < 1.29 is 0 Å². The van der Waals surface area contributed by atoms with Gasteiger partial charge >= 0.3 is 0 Å². The number of hydrogen-bond acceptors (Lipinski definition) is 1. The van der Waals surface area contributed by atoms with Crippen LogP contribution in [0.4, 0.5) is 11.4 Å². The van der Waals surface area contributed by atoms with Crippen LogP contribution in [0.25, 0.3) is 46.1 Å². The molecule has 0 amide bonds. The Morgan fingerprint density at radius 3 is 2.02 bits per heavy atom. The van der Waals surface area contributed by atoms with E-state index in [1.54, 1.807) is 0 Å². The Balaban J connectivity index is 1.16. The second kappa shape index (κ2) is 14.0. The van der Waals surface area contributed by atoms with Crippen molar-refractivity contribution in [3.8, 4) is 22.3 Å². The van der Waals surface area contributed by atoms with Crippen molar-refractivity contribution in [1.29, 1.82) is 0 Å². The molecule has 0 spiro atoms. The van der Waals surface area contributed by atoms with Crippen LogP contribution in [-0.2, 0) is 6.42 Å². The van der Waals surface area contributed by atoms with E-state index in [9.17, 15) is 0 Å². The number of hydrogen-bond donors (Lipinski definition) is 0. The van der Waals surface area contributed by atoms with Crippen LogP contribution < -0.4 is 4.90 Å². The molecule has 0 aliphatic heterocycles. The minimum Gasteiger partial charge on any atom is -0.310 e. The monoisotopic (exact) mass is 619 g/mol. The van der Waals surface area contributed by atoms with Crippen molar-refractivity contribution in [1.82, 2.24) is 0 Å². The van der Waals surface area contributed by atoms with E-state index in [2.05, 4.69) is 189 Å². The third kappa shape index (κ3) is 6.59.